The Balaban J connectivity index is 1.87. The van der Waals surface area contributed by atoms with Gasteiger partial charge in [-0.3, -0.25) is 4.79 Å². The minimum atomic E-state index is -0.533. The molecule has 1 aliphatic heterocycles. The number of carbonyl (C=O) groups is 1. The molecule has 1 aromatic carbocycles. The van der Waals surface area contributed by atoms with Gasteiger partial charge in [0.25, 0.3) is 0 Å². The summed E-state index contributed by atoms with van der Waals surface area (Å²) in [7, 11) is 0. The van der Waals surface area contributed by atoms with E-state index in [1.807, 2.05) is 12.1 Å². The number of hydrogen-bond donors (Lipinski definition) is 1. The highest BCUT2D eigenvalue weighted by atomic mass is 16.3. The second-order valence-corrected chi connectivity index (χ2v) is 5.41. The summed E-state index contributed by atoms with van der Waals surface area (Å²) in [6, 6.07) is 8.12. The van der Waals surface area contributed by atoms with Gasteiger partial charge in [0.1, 0.15) is 0 Å². The normalized spacial score (nSPS) is 17.1. The van der Waals surface area contributed by atoms with Crippen molar-refractivity contribution in [3.63, 3.8) is 0 Å². The van der Waals surface area contributed by atoms with Crippen LogP contribution in [0.5, 0.6) is 0 Å². The molecule has 1 N–H and O–H groups in total. The summed E-state index contributed by atoms with van der Waals surface area (Å²) in [6.45, 7) is 6.15. The van der Waals surface area contributed by atoms with Gasteiger partial charge in [-0.05, 0) is 29.9 Å². The quantitative estimate of drug-likeness (QED) is 0.800. The smallest absolute Gasteiger partial charge is 0.222 e. The highest BCUT2D eigenvalue weighted by molar-refractivity contribution is 5.78. The van der Waals surface area contributed by atoms with Crippen LogP contribution >= 0.6 is 0 Å². The van der Waals surface area contributed by atoms with Gasteiger partial charge in [-0.2, -0.15) is 0 Å². The first-order valence-corrected chi connectivity index (χ1v) is 7.17. The van der Waals surface area contributed by atoms with Crippen molar-refractivity contribution < 1.29 is 9.90 Å². The van der Waals surface area contributed by atoms with E-state index < -0.39 is 6.10 Å². The number of benzene rings is 1. The van der Waals surface area contributed by atoms with E-state index in [-0.39, 0.29) is 5.91 Å². The van der Waals surface area contributed by atoms with E-state index in [4.69, 9.17) is 0 Å². The Kier molecular flexibility index (Phi) is 4.59. The minimum Gasteiger partial charge on any atom is -0.388 e. The molecule has 0 saturated carbocycles. The van der Waals surface area contributed by atoms with Gasteiger partial charge in [-0.15, -0.1) is 0 Å². The van der Waals surface area contributed by atoms with Crippen LogP contribution in [0, 0.1) is 0 Å². The molecule has 2 atom stereocenters. The van der Waals surface area contributed by atoms with Gasteiger partial charge in [-0.1, -0.05) is 38.1 Å². The standard InChI is InChI=1S/C16H23NO2/c1-3-12(2)13-4-6-14(7-5-13)15(18)8-9-16(19)17-10-11-17/h4-7,12,15,18H,3,8-11H2,1-2H3. The first-order valence-electron chi connectivity index (χ1n) is 7.17. The molecule has 2 rings (SSSR count). The number of rotatable bonds is 6. The lowest BCUT2D eigenvalue weighted by molar-refractivity contribution is -0.126. The molecule has 1 heterocycles. The number of aliphatic hydroxyl groups is 1. The molecule has 0 bridgehead atoms. The molecule has 1 aliphatic rings. The summed E-state index contributed by atoms with van der Waals surface area (Å²) in [4.78, 5) is 13.3. The lowest BCUT2D eigenvalue weighted by Gasteiger charge is -2.13. The number of amides is 1. The van der Waals surface area contributed by atoms with Gasteiger partial charge in [0.2, 0.25) is 5.91 Å². The first kappa shape index (κ1) is 14.1. The molecule has 3 nitrogen and oxygen atoms in total. The predicted octanol–water partition coefficient (Wildman–Crippen LogP) is 2.86. The van der Waals surface area contributed by atoms with Crippen LogP contribution in [-0.4, -0.2) is 29.0 Å². The number of nitrogens with zero attached hydrogens (tertiary/aromatic N) is 1. The molecule has 0 radical (unpaired) electrons. The van der Waals surface area contributed by atoms with E-state index in [1.54, 1.807) is 4.90 Å². The highest BCUT2D eigenvalue weighted by Crippen LogP contribution is 2.24. The van der Waals surface area contributed by atoms with E-state index in [0.29, 0.717) is 18.8 Å². The molecule has 2 unspecified atom stereocenters. The third-order valence-corrected chi connectivity index (χ3v) is 3.93. The molecular weight excluding hydrogens is 238 g/mol. The van der Waals surface area contributed by atoms with Crippen molar-refractivity contribution in [2.75, 3.05) is 13.1 Å². The van der Waals surface area contributed by atoms with Gasteiger partial charge in [-0.25, -0.2) is 0 Å². The van der Waals surface area contributed by atoms with Crippen molar-refractivity contribution in [2.45, 2.75) is 45.1 Å². The van der Waals surface area contributed by atoms with Crippen LogP contribution in [-0.2, 0) is 4.79 Å². The Morgan fingerprint density at radius 3 is 2.37 bits per heavy atom. The molecule has 3 heteroatoms. The molecule has 0 aliphatic carbocycles. The third-order valence-electron chi connectivity index (χ3n) is 3.93. The molecule has 1 fully saturated rings. The second-order valence-electron chi connectivity index (χ2n) is 5.41. The Morgan fingerprint density at radius 2 is 1.84 bits per heavy atom. The van der Waals surface area contributed by atoms with Crippen LogP contribution in [0.1, 0.15) is 56.3 Å². The zero-order valence-corrected chi connectivity index (χ0v) is 11.8. The maximum Gasteiger partial charge on any atom is 0.222 e. The summed E-state index contributed by atoms with van der Waals surface area (Å²) in [6.07, 6.45) is 1.54. The van der Waals surface area contributed by atoms with Crippen LogP contribution in [0.15, 0.2) is 24.3 Å². The van der Waals surface area contributed by atoms with Crippen LogP contribution in [0.2, 0.25) is 0 Å². The van der Waals surface area contributed by atoms with Crippen molar-refractivity contribution in [3.05, 3.63) is 35.4 Å². The van der Waals surface area contributed by atoms with Crippen LogP contribution in [0.25, 0.3) is 0 Å². The number of aliphatic hydroxyl groups excluding tert-OH is 1. The van der Waals surface area contributed by atoms with Crippen molar-refractivity contribution in [1.82, 2.24) is 4.90 Å². The second kappa shape index (κ2) is 6.20. The summed E-state index contributed by atoms with van der Waals surface area (Å²) in [5, 5.41) is 10.1. The van der Waals surface area contributed by atoms with Crippen LogP contribution < -0.4 is 0 Å². The Morgan fingerprint density at radius 1 is 1.26 bits per heavy atom. The first-order chi connectivity index (χ1) is 9.11. The molecule has 0 aromatic heterocycles. The summed E-state index contributed by atoms with van der Waals surface area (Å²) >= 11 is 0. The summed E-state index contributed by atoms with van der Waals surface area (Å²) in [5.74, 6) is 0.714. The van der Waals surface area contributed by atoms with E-state index in [2.05, 4.69) is 26.0 Å². The molecule has 1 aromatic rings. The summed E-state index contributed by atoms with van der Waals surface area (Å²) < 4.78 is 0. The zero-order chi connectivity index (χ0) is 13.8. The van der Waals surface area contributed by atoms with Crippen molar-refractivity contribution >= 4 is 5.91 Å². The highest BCUT2D eigenvalue weighted by Gasteiger charge is 2.24. The average Bonchev–Trinajstić information content (AvgIpc) is 3.28. The van der Waals surface area contributed by atoms with Crippen LogP contribution in [0.4, 0.5) is 0 Å². The van der Waals surface area contributed by atoms with Gasteiger partial charge < -0.3 is 10.0 Å². The largest absolute Gasteiger partial charge is 0.388 e. The predicted molar refractivity (Wildman–Crippen MR) is 75.9 cm³/mol. The summed E-state index contributed by atoms with van der Waals surface area (Å²) in [5.41, 5.74) is 2.21. The molecule has 1 saturated heterocycles. The maximum atomic E-state index is 11.5. The fourth-order valence-corrected chi connectivity index (χ4v) is 2.17. The van der Waals surface area contributed by atoms with Gasteiger partial charge in [0.05, 0.1) is 6.10 Å². The molecular formula is C16H23NO2. The lowest BCUT2D eigenvalue weighted by atomic mass is 9.96. The SMILES string of the molecule is CCC(C)c1ccc(C(O)CCC(=O)N2CC2)cc1. The fourth-order valence-electron chi connectivity index (χ4n) is 2.17. The number of hydrogen-bond acceptors (Lipinski definition) is 2. The van der Waals surface area contributed by atoms with Crippen molar-refractivity contribution in [1.29, 1.82) is 0 Å². The lowest BCUT2D eigenvalue weighted by Crippen LogP contribution is -2.11. The van der Waals surface area contributed by atoms with Crippen molar-refractivity contribution in [3.8, 4) is 0 Å². The number of carbonyl (C=O) groups excluding carboxylic acids is 1. The molecule has 19 heavy (non-hydrogen) atoms. The minimum absolute atomic E-state index is 0.162. The Bertz CT molecular complexity index is 423. The van der Waals surface area contributed by atoms with Crippen LogP contribution in [0.3, 0.4) is 0 Å². The monoisotopic (exact) mass is 261 g/mol. The van der Waals surface area contributed by atoms with E-state index in [1.165, 1.54) is 5.56 Å². The zero-order valence-electron chi connectivity index (χ0n) is 11.8. The average molecular weight is 261 g/mol. The Labute approximate surface area is 115 Å². The topological polar surface area (TPSA) is 40.3 Å². The van der Waals surface area contributed by atoms with E-state index in [0.717, 1.165) is 25.1 Å². The van der Waals surface area contributed by atoms with E-state index in [9.17, 15) is 9.90 Å². The van der Waals surface area contributed by atoms with Gasteiger partial charge in [0, 0.05) is 19.5 Å². The fraction of sp³-hybridized carbons (Fsp3) is 0.562. The Hall–Kier alpha value is -1.35. The molecule has 104 valence electrons. The van der Waals surface area contributed by atoms with Gasteiger partial charge >= 0.3 is 0 Å². The van der Waals surface area contributed by atoms with E-state index >= 15 is 0 Å². The maximum absolute atomic E-state index is 11.5. The third kappa shape index (κ3) is 3.80. The molecule has 1 amide bonds. The molecule has 0 spiro atoms. The van der Waals surface area contributed by atoms with Gasteiger partial charge in [0.15, 0.2) is 0 Å². The van der Waals surface area contributed by atoms with Crippen molar-refractivity contribution in [2.24, 2.45) is 0 Å².